The molecule has 0 aliphatic heterocycles. The number of carbonyl (C=O) groups excluding carboxylic acids is 1. The minimum Gasteiger partial charge on any atom is -0.495 e. The fraction of sp³-hybridized carbons (Fsp3) is 0.300. The second-order valence-electron chi connectivity index (χ2n) is 2.96. The molecule has 0 N–H and O–H groups in total. The van der Waals surface area contributed by atoms with Gasteiger partial charge in [-0.15, -0.1) is 0 Å². The number of Topliss-reactive ketones (excluding diaryl/α,β-unsaturated/α-hetero) is 1. The molecule has 1 aromatic carbocycles. The zero-order valence-corrected chi connectivity index (χ0v) is 9.45. The molecule has 0 radical (unpaired) electrons. The standard InChI is InChI=1S/C10H10Cl2O2/c1-6(13)3-7-4-8(11)5-9(12)10(7)14-2/h4-5H,3H2,1-2H3. The highest BCUT2D eigenvalue weighted by Crippen LogP contribution is 2.32. The number of benzene rings is 1. The van der Waals surface area contributed by atoms with Crippen molar-refractivity contribution in [2.45, 2.75) is 13.3 Å². The number of rotatable bonds is 3. The number of hydrogen-bond acceptors (Lipinski definition) is 2. The number of ketones is 1. The molecule has 1 aromatic rings. The molecule has 0 unspecified atom stereocenters. The van der Waals surface area contributed by atoms with Crippen LogP contribution in [0.3, 0.4) is 0 Å². The maximum Gasteiger partial charge on any atom is 0.141 e. The molecule has 0 saturated carbocycles. The first-order valence-electron chi connectivity index (χ1n) is 4.06. The molecule has 0 aliphatic carbocycles. The summed E-state index contributed by atoms with van der Waals surface area (Å²) in [6.45, 7) is 1.51. The predicted octanol–water partition coefficient (Wildman–Crippen LogP) is 3.13. The van der Waals surface area contributed by atoms with Crippen LogP contribution < -0.4 is 4.74 Å². The second kappa shape index (κ2) is 4.67. The third kappa shape index (κ3) is 2.63. The fourth-order valence-corrected chi connectivity index (χ4v) is 1.85. The van der Waals surface area contributed by atoms with Crippen LogP contribution >= 0.6 is 23.2 Å². The zero-order chi connectivity index (χ0) is 10.7. The summed E-state index contributed by atoms with van der Waals surface area (Å²) in [6.07, 6.45) is 0.281. The van der Waals surface area contributed by atoms with E-state index >= 15 is 0 Å². The van der Waals surface area contributed by atoms with Crippen molar-refractivity contribution in [3.05, 3.63) is 27.7 Å². The van der Waals surface area contributed by atoms with Gasteiger partial charge in [-0.3, -0.25) is 4.79 Å². The molecule has 0 aromatic heterocycles. The van der Waals surface area contributed by atoms with Crippen molar-refractivity contribution in [3.63, 3.8) is 0 Å². The maximum atomic E-state index is 11.0. The Balaban J connectivity index is 3.17. The summed E-state index contributed by atoms with van der Waals surface area (Å²) in [4.78, 5) is 11.0. The molecule has 4 heteroatoms. The van der Waals surface area contributed by atoms with Crippen LogP contribution in [0.25, 0.3) is 0 Å². The topological polar surface area (TPSA) is 26.3 Å². The molecule has 0 heterocycles. The Labute approximate surface area is 92.8 Å². The summed E-state index contributed by atoms with van der Waals surface area (Å²) in [5.74, 6) is 0.563. The highest BCUT2D eigenvalue weighted by molar-refractivity contribution is 6.35. The van der Waals surface area contributed by atoms with Crippen molar-refractivity contribution < 1.29 is 9.53 Å². The lowest BCUT2D eigenvalue weighted by atomic mass is 10.1. The van der Waals surface area contributed by atoms with E-state index in [0.29, 0.717) is 15.8 Å². The molecule has 0 bridgehead atoms. The van der Waals surface area contributed by atoms with Gasteiger partial charge in [0, 0.05) is 17.0 Å². The minimum absolute atomic E-state index is 0.0432. The molecule has 0 amide bonds. The summed E-state index contributed by atoms with van der Waals surface area (Å²) in [5, 5.41) is 0.934. The van der Waals surface area contributed by atoms with Crippen molar-refractivity contribution in [1.29, 1.82) is 0 Å². The Kier molecular flexibility index (Phi) is 3.78. The Morgan fingerprint density at radius 1 is 1.43 bits per heavy atom. The van der Waals surface area contributed by atoms with Gasteiger partial charge in [0.1, 0.15) is 11.5 Å². The van der Waals surface area contributed by atoms with Crippen LogP contribution in [0.5, 0.6) is 5.75 Å². The van der Waals surface area contributed by atoms with Crippen LogP contribution in [0.2, 0.25) is 10.0 Å². The third-order valence-electron chi connectivity index (χ3n) is 1.73. The van der Waals surface area contributed by atoms with Crippen molar-refractivity contribution in [1.82, 2.24) is 0 Å². The Morgan fingerprint density at radius 2 is 2.07 bits per heavy atom. The first-order valence-corrected chi connectivity index (χ1v) is 4.81. The zero-order valence-electron chi connectivity index (χ0n) is 7.93. The second-order valence-corrected chi connectivity index (χ2v) is 3.80. The summed E-state index contributed by atoms with van der Waals surface area (Å²) in [7, 11) is 1.51. The molecule has 76 valence electrons. The summed E-state index contributed by atoms with van der Waals surface area (Å²) in [5.41, 5.74) is 0.720. The molecule has 0 atom stereocenters. The van der Waals surface area contributed by atoms with E-state index in [-0.39, 0.29) is 12.2 Å². The highest BCUT2D eigenvalue weighted by atomic mass is 35.5. The number of ether oxygens (including phenoxy) is 1. The quantitative estimate of drug-likeness (QED) is 0.801. The molecule has 14 heavy (non-hydrogen) atoms. The third-order valence-corrected chi connectivity index (χ3v) is 2.23. The average molecular weight is 233 g/mol. The maximum absolute atomic E-state index is 11.0. The Morgan fingerprint density at radius 3 is 2.57 bits per heavy atom. The van der Waals surface area contributed by atoms with Gasteiger partial charge >= 0.3 is 0 Å². The smallest absolute Gasteiger partial charge is 0.141 e. The van der Waals surface area contributed by atoms with E-state index in [4.69, 9.17) is 27.9 Å². The van der Waals surface area contributed by atoms with Gasteiger partial charge < -0.3 is 4.74 Å². The van der Waals surface area contributed by atoms with E-state index in [2.05, 4.69) is 0 Å². The molecular formula is C10H10Cl2O2. The van der Waals surface area contributed by atoms with Gasteiger partial charge in [0.25, 0.3) is 0 Å². The molecule has 0 aliphatic rings. The molecular weight excluding hydrogens is 223 g/mol. The molecule has 0 saturated heterocycles. The molecule has 0 spiro atoms. The highest BCUT2D eigenvalue weighted by Gasteiger charge is 2.10. The number of carbonyl (C=O) groups is 1. The lowest BCUT2D eigenvalue weighted by molar-refractivity contribution is -0.116. The Hall–Kier alpha value is -0.730. The van der Waals surface area contributed by atoms with Gasteiger partial charge in [-0.05, 0) is 19.1 Å². The van der Waals surface area contributed by atoms with Crippen molar-refractivity contribution >= 4 is 29.0 Å². The van der Waals surface area contributed by atoms with Crippen molar-refractivity contribution in [2.24, 2.45) is 0 Å². The Bertz CT molecular complexity index is 361. The van der Waals surface area contributed by atoms with Crippen LogP contribution in [-0.4, -0.2) is 12.9 Å². The number of methoxy groups -OCH3 is 1. The van der Waals surface area contributed by atoms with E-state index in [9.17, 15) is 4.79 Å². The lowest BCUT2D eigenvalue weighted by Crippen LogP contribution is -2.00. The van der Waals surface area contributed by atoms with Crippen molar-refractivity contribution in [3.8, 4) is 5.75 Å². The van der Waals surface area contributed by atoms with E-state index < -0.39 is 0 Å². The van der Waals surface area contributed by atoms with Crippen LogP contribution in [0.4, 0.5) is 0 Å². The monoisotopic (exact) mass is 232 g/mol. The largest absolute Gasteiger partial charge is 0.495 e. The number of hydrogen-bond donors (Lipinski definition) is 0. The molecule has 1 rings (SSSR count). The van der Waals surface area contributed by atoms with Crippen LogP contribution in [-0.2, 0) is 11.2 Å². The van der Waals surface area contributed by atoms with Gasteiger partial charge in [-0.1, -0.05) is 23.2 Å². The van der Waals surface area contributed by atoms with Gasteiger partial charge in [-0.2, -0.15) is 0 Å². The first-order chi connectivity index (χ1) is 6.54. The summed E-state index contributed by atoms with van der Waals surface area (Å²) >= 11 is 11.7. The summed E-state index contributed by atoms with van der Waals surface area (Å²) < 4.78 is 5.09. The van der Waals surface area contributed by atoms with Crippen molar-refractivity contribution in [2.75, 3.05) is 7.11 Å². The molecule has 2 nitrogen and oxygen atoms in total. The van der Waals surface area contributed by atoms with Crippen LogP contribution in [0, 0.1) is 0 Å². The average Bonchev–Trinajstić information content (AvgIpc) is 2.01. The van der Waals surface area contributed by atoms with E-state index in [1.165, 1.54) is 14.0 Å². The van der Waals surface area contributed by atoms with E-state index in [1.54, 1.807) is 12.1 Å². The first kappa shape index (κ1) is 11.3. The fourth-order valence-electron chi connectivity index (χ4n) is 1.24. The SMILES string of the molecule is COc1c(Cl)cc(Cl)cc1CC(C)=O. The van der Waals surface area contributed by atoms with Crippen LogP contribution in [0.15, 0.2) is 12.1 Å². The summed E-state index contributed by atoms with van der Waals surface area (Å²) in [6, 6.07) is 3.28. The minimum atomic E-state index is 0.0432. The normalized spacial score (nSPS) is 10.0. The van der Waals surface area contributed by atoms with Crippen LogP contribution in [0.1, 0.15) is 12.5 Å². The van der Waals surface area contributed by atoms with Gasteiger partial charge in [0.05, 0.1) is 12.1 Å². The van der Waals surface area contributed by atoms with Gasteiger partial charge in [0.15, 0.2) is 0 Å². The predicted molar refractivity (Wildman–Crippen MR) is 57.4 cm³/mol. The van der Waals surface area contributed by atoms with Gasteiger partial charge in [-0.25, -0.2) is 0 Å². The van der Waals surface area contributed by atoms with E-state index in [0.717, 1.165) is 5.56 Å². The van der Waals surface area contributed by atoms with E-state index in [1.807, 2.05) is 0 Å². The lowest BCUT2D eigenvalue weighted by Gasteiger charge is -2.09. The van der Waals surface area contributed by atoms with Gasteiger partial charge in [0.2, 0.25) is 0 Å². The molecule has 0 fully saturated rings. The number of halogens is 2.